The van der Waals surface area contributed by atoms with Gasteiger partial charge in [0.05, 0.1) is 5.69 Å². The molecule has 3 heterocycles. The molecule has 0 bridgehead atoms. The molecule has 0 saturated carbocycles. The molecule has 164 valence electrons. The van der Waals surface area contributed by atoms with Crippen LogP contribution in [0.4, 0.5) is 13.2 Å². The number of alkyl halides is 3. The monoisotopic (exact) mass is 441 g/mol. The Kier molecular flexibility index (Phi) is 5.08. The molecule has 1 aliphatic heterocycles. The topological polar surface area (TPSA) is 93.7 Å². The molecule has 1 aromatic carbocycles. The highest BCUT2D eigenvalue weighted by atomic mass is 19.4. The van der Waals surface area contributed by atoms with Crippen LogP contribution < -0.4 is 10.5 Å². The highest BCUT2D eigenvalue weighted by molar-refractivity contribution is 6.09. The molecule has 2 N–H and O–H groups in total. The van der Waals surface area contributed by atoms with Gasteiger partial charge in [-0.3, -0.25) is 19.7 Å². The smallest absolute Gasteiger partial charge is 0.406 e. The summed E-state index contributed by atoms with van der Waals surface area (Å²) in [5.41, 5.74) is 6.68. The van der Waals surface area contributed by atoms with Gasteiger partial charge in [0.2, 0.25) is 0 Å². The van der Waals surface area contributed by atoms with Crippen LogP contribution in [-0.4, -0.2) is 40.1 Å². The first-order valence-corrected chi connectivity index (χ1v) is 9.49. The zero-order chi connectivity index (χ0) is 23.1. The lowest BCUT2D eigenvalue weighted by molar-refractivity contribution is -0.274. The van der Waals surface area contributed by atoms with Crippen LogP contribution in [-0.2, 0) is 10.3 Å². The van der Waals surface area contributed by atoms with Crippen molar-refractivity contribution in [3.8, 4) is 17.0 Å². The Labute approximate surface area is 181 Å². The average molecular weight is 441 g/mol. The number of benzene rings is 1. The van der Waals surface area contributed by atoms with Gasteiger partial charge in [0, 0.05) is 31.2 Å². The molecule has 0 radical (unpaired) electrons. The van der Waals surface area contributed by atoms with Crippen molar-refractivity contribution in [2.45, 2.75) is 18.8 Å². The van der Waals surface area contributed by atoms with Gasteiger partial charge in [0.15, 0.2) is 11.5 Å². The SMILES string of the molecule is Cc1cc(C2(c3ccnc(-c4cccnc4)c3)N=C(N)N(C)C2=O)ccc1OC(F)(F)F. The van der Waals surface area contributed by atoms with Crippen molar-refractivity contribution in [3.63, 3.8) is 0 Å². The predicted octanol–water partition coefficient (Wildman–Crippen LogP) is 3.38. The number of nitrogens with two attached hydrogens (primary N) is 1. The minimum Gasteiger partial charge on any atom is -0.406 e. The summed E-state index contributed by atoms with van der Waals surface area (Å²) >= 11 is 0. The maximum atomic E-state index is 13.4. The summed E-state index contributed by atoms with van der Waals surface area (Å²) in [6.45, 7) is 1.46. The van der Waals surface area contributed by atoms with Gasteiger partial charge in [-0.25, -0.2) is 4.99 Å². The number of carbonyl (C=O) groups excluding carboxylic acids is 1. The summed E-state index contributed by atoms with van der Waals surface area (Å²) in [5, 5.41) is 0. The van der Waals surface area contributed by atoms with E-state index in [0.29, 0.717) is 16.8 Å². The first-order valence-electron chi connectivity index (χ1n) is 9.49. The zero-order valence-electron chi connectivity index (χ0n) is 17.1. The van der Waals surface area contributed by atoms with Gasteiger partial charge in [-0.15, -0.1) is 13.2 Å². The number of nitrogens with zero attached hydrogens (tertiary/aromatic N) is 4. The Morgan fingerprint density at radius 3 is 2.44 bits per heavy atom. The standard InChI is InChI=1S/C22H18F3N5O2/c1-13-10-15(5-6-18(13)32-22(23,24)25)21(19(31)30(2)20(26)29-21)16-7-9-28-17(11-16)14-4-3-8-27-12-14/h3-12H,1-2H3,(H2,26,29). The van der Waals surface area contributed by atoms with Gasteiger partial charge < -0.3 is 10.5 Å². The molecule has 32 heavy (non-hydrogen) atoms. The van der Waals surface area contributed by atoms with E-state index in [9.17, 15) is 18.0 Å². The fraction of sp³-hybridized carbons (Fsp3) is 0.182. The normalized spacial score (nSPS) is 18.6. The molecule has 7 nitrogen and oxygen atoms in total. The summed E-state index contributed by atoms with van der Waals surface area (Å²) in [6, 6.07) is 10.9. The van der Waals surface area contributed by atoms with Crippen LogP contribution in [0.25, 0.3) is 11.3 Å². The fourth-order valence-corrected chi connectivity index (χ4v) is 3.63. The number of rotatable bonds is 4. The van der Waals surface area contributed by atoms with E-state index in [4.69, 9.17) is 5.73 Å². The number of carbonyl (C=O) groups is 1. The quantitative estimate of drug-likeness (QED) is 0.670. The molecule has 3 aromatic rings. The fourth-order valence-electron chi connectivity index (χ4n) is 3.63. The van der Waals surface area contributed by atoms with Crippen molar-refractivity contribution < 1.29 is 22.7 Å². The summed E-state index contributed by atoms with van der Waals surface area (Å²) in [7, 11) is 1.49. The van der Waals surface area contributed by atoms with Crippen LogP contribution in [0.15, 0.2) is 66.0 Å². The zero-order valence-corrected chi connectivity index (χ0v) is 17.1. The van der Waals surface area contributed by atoms with E-state index >= 15 is 0 Å². The maximum Gasteiger partial charge on any atom is 0.573 e. The first kappa shape index (κ1) is 21.3. The molecule has 2 aromatic heterocycles. The van der Waals surface area contributed by atoms with E-state index in [2.05, 4.69) is 19.7 Å². The molecule has 1 unspecified atom stereocenters. The van der Waals surface area contributed by atoms with E-state index < -0.39 is 17.8 Å². The second-order valence-electron chi connectivity index (χ2n) is 7.24. The van der Waals surface area contributed by atoms with Crippen LogP contribution in [0.5, 0.6) is 5.75 Å². The molecule has 0 saturated heterocycles. The van der Waals surface area contributed by atoms with Crippen molar-refractivity contribution in [2.24, 2.45) is 10.7 Å². The van der Waals surface area contributed by atoms with Crippen LogP contribution >= 0.6 is 0 Å². The number of aromatic nitrogens is 2. The molecule has 0 fully saturated rings. The second kappa shape index (κ2) is 7.63. The van der Waals surface area contributed by atoms with Gasteiger partial charge in [0.25, 0.3) is 5.91 Å². The van der Waals surface area contributed by atoms with E-state index in [-0.39, 0.29) is 17.3 Å². The molecular formula is C22H18F3N5O2. The summed E-state index contributed by atoms with van der Waals surface area (Å²) in [5.74, 6) is -0.817. The number of aryl methyl sites for hydroxylation is 1. The Bertz CT molecular complexity index is 1210. The van der Waals surface area contributed by atoms with E-state index in [1.54, 1.807) is 30.6 Å². The van der Waals surface area contributed by atoms with Gasteiger partial charge in [-0.05, 0) is 60.0 Å². The third-order valence-corrected chi connectivity index (χ3v) is 5.19. The molecule has 1 amide bonds. The highest BCUT2D eigenvalue weighted by Crippen LogP contribution is 2.41. The maximum absolute atomic E-state index is 13.4. The lowest BCUT2D eigenvalue weighted by Gasteiger charge is -2.27. The van der Waals surface area contributed by atoms with Gasteiger partial charge in [-0.2, -0.15) is 0 Å². The van der Waals surface area contributed by atoms with Crippen LogP contribution in [0.2, 0.25) is 0 Å². The van der Waals surface area contributed by atoms with Gasteiger partial charge in [0.1, 0.15) is 5.75 Å². The number of halogens is 3. The third kappa shape index (κ3) is 3.64. The van der Waals surface area contributed by atoms with Gasteiger partial charge in [-0.1, -0.05) is 6.07 Å². The molecule has 0 aliphatic carbocycles. The number of guanidine groups is 1. The predicted molar refractivity (Wildman–Crippen MR) is 111 cm³/mol. The number of likely N-dealkylation sites (N-methyl/N-ethyl adjacent to an activating group) is 1. The van der Waals surface area contributed by atoms with Crippen molar-refractivity contribution in [1.29, 1.82) is 0 Å². The minimum atomic E-state index is -4.83. The van der Waals surface area contributed by atoms with Crippen molar-refractivity contribution in [2.75, 3.05) is 7.05 Å². The first-order chi connectivity index (χ1) is 15.1. The second-order valence-corrected chi connectivity index (χ2v) is 7.24. The lowest BCUT2D eigenvalue weighted by Crippen LogP contribution is -2.41. The Hall–Kier alpha value is -3.95. The van der Waals surface area contributed by atoms with Crippen LogP contribution in [0, 0.1) is 6.92 Å². The number of amides is 1. The van der Waals surface area contributed by atoms with Crippen molar-refractivity contribution >= 4 is 11.9 Å². The minimum absolute atomic E-state index is 0.0111. The largest absolute Gasteiger partial charge is 0.573 e. The van der Waals surface area contributed by atoms with E-state index in [1.165, 1.54) is 43.3 Å². The number of aliphatic imine (C=N–C) groups is 1. The molecule has 1 atom stereocenters. The van der Waals surface area contributed by atoms with Crippen molar-refractivity contribution in [3.05, 3.63) is 77.7 Å². The van der Waals surface area contributed by atoms with Crippen LogP contribution in [0.1, 0.15) is 16.7 Å². The number of pyridine rings is 2. The van der Waals surface area contributed by atoms with Gasteiger partial charge >= 0.3 is 6.36 Å². The summed E-state index contributed by atoms with van der Waals surface area (Å²) < 4.78 is 42.2. The molecule has 1 aliphatic rings. The van der Waals surface area contributed by atoms with E-state index in [0.717, 1.165) is 5.56 Å². The average Bonchev–Trinajstić information content (AvgIpc) is 3.00. The molecule has 10 heteroatoms. The number of ether oxygens (including phenoxy) is 1. The summed E-state index contributed by atoms with van der Waals surface area (Å²) in [4.78, 5) is 27.5. The third-order valence-electron chi connectivity index (χ3n) is 5.19. The van der Waals surface area contributed by atoms with Crippen molar-refractivity contribution in [1.82, 2.24) is 14.9 Å². The molecule has 4 rings (SSSR count). The summed E-state index contributed by atoms with van der Waals surface area (Å²) in [6.07, 6.45) is -0.0422. The number of hydrogen-bond donors (Lipinski definition) is 1. The highest BCUT2D eigenvalue weighted by Gasteiger charge is 2.50. The van der Waals surface area contributed by atoms with Crippen LogP contribution in [0.3, 0.4) is 0 Å². The Morgan fingerprint density at radius 2 is 1.84 bits per heavy atom. The Morgan fingerprint density at radius 1 is 1.09 bits per heavy atom. The molecular weight excluding hydrogens is 423 g/mol. The molecule has 0 spiro atoms. The Balaban J connectivity index is 1.89. The van der Waals surface area contributed by atoms with E-state index in [1.807, 2.05) is 6.07 Å². The number of hydrogen-bond acceptors (Lipinski definition) is 6. The lowest BCUT2D eigenvalue weighted by atomic mass is 9.82.